The summed E-state index contributed by atoms with van der Waals surface area (Å²) in [6, 6.07) is 13.5. The number of para-hydroxylation sites is 1. The molecule has 1 N–H and O–H groups in total. The SMILES string of the molecule is Cn1cc(C(=O)NCC2CCN(C(=O)c3cn(-c4ccccc4)nc3-c3cccnc3)CC2)cn1. The van der Waals surface area contributed by atoms with Crippen molar-refractivity contribution in [2.45, 2.75) is 12.8 Å². The Kier molecular flexibility index (Phi) is 6.38. The normalized spacial score (nSPS) is 14.1. The van der Waals surface area contributed by atoms with Crippen LogP contribution in [0, 0.1) is 5.92 Å². The van der Waals surface area contributed by atoms with Gasteiger partial charge in [0.2, 0.25) is 0 Å². The molecule has 1 fully saturated rings. The first-order valence-electron chi connectivity index (χ1n) is 11.7. The van der Waals surface area contributed by atoms with Crippen LogP contribution in [0.3, 0.4) is 0 Å². The first-order chi connectivity index (χ1) is 17.1. The van der Waals surface area contributed by atoms with E-state index in [-0.39, 0.29) is 11.8 Å². The van der Waals surface area contributed by atoms with Gasteiger partial charge in [0.05, 0.1) is 23.0 Å². The molecule has 1 aliphatic rings. The van der Waals surface area contributed by atoms with Crippen LogP contribution in [0.15, 0.2) is 73.4 Å². The number of aromatic nitrogens is 5. The van der Waals surface area contributed by atoms with Gasteiger partial charge >= 0.3 is 0 Å². The van der Waals surface area contributed by atoms with Crippen molar-refractivity contribution in [3.63, 3.8) is 0 Å². The number of hydrogen-bond acceptors (Lipinski definition) is 5. The predicted molar refractivity (Wildman–Crippen MR) is 131 cm³/mol. The molecule has 3 aromatic heterocycles. The van der Waals surface area contributed by atoms with E-state index in [4.69, 9.17) is 5.10 Å². The van der Waals surface area contributed by atoms with Crippen molar-refractivity contribution in [3.8, 4) is 16.9 Å². The maximum absolute atomic E-state index is 13.6. The quantitative estimate of drug-likeness (QED) is 0.468. The zero-order valence-corrected chi connectivity index (χ0v) is 19.5. The largest absolute Gasteiger partial charge is 0.352 e. The van der Waals surface area contributed by atoms with Crippen molar-refractivity contribution < 1.29 is 9.59 Å². The van der Waals surface area contributed by atoms with Crippen LogP contribution in [-0.2, 0) is 7.05 Å². The van der Waals surface area contributed by atoms with Gasteiger partial charge in [0.25, 0.3) is 11.8 Å². The molecular formula is C26H27N7O2. The van der Waals surface area contributed by atoms with Gasteiger partial charge in [0.15, 0.2) is 0 Å². The summed E-state index contributed by atoms with van der Waals surface area (Å²) in [7, 11) is 1.78. The fourth-order valence-corrected chi connectivity index (χ4v) is 4.35. The number of benzene rings is 1. The van der Waals surface area contributed by atoms with Crippen LogP contribution in [0.1, 0.15) is 33.6 Å². The van der Waals surface area contributed by atoms with Crippen LogP contribution in [0.25, 0.3) is 16.9 Å². The van der Waals surface area contributed by atoms with E-state index in [1.807, 2.05) is 47.4 Å². The van der Waals surface area contributed by atoms with Crippen molar-refractivity contribution in [1.29, 1.82) is 0 Å². The number of carbonyl (C=O) groups is 2. The van der Waals surface area contributed by atoms with E-state index in [2.05, 4.69) is 15.4 Å². The number of aryl methyl sites for hydroxylation is 1. The standard InChI is InChI=1S/C26H27N7O2/c1-31-17-21(16-29-31)25(34)28-14-19-9-12-32(13-10-19)26(35)23-18-33(22-7-3-2-4-8-22)30-24(23)20-6-5-11-27-15-20/h2-8,11,15-19H,9-10,12-14H2,1H3,(H,28,34). The third kappa shape index (κ3) is 4.98. The molecule has 0 bridgehead atoms. The lowest BCUT2D eigenvalue weighted by molar-refractivity contribution is 0.0685. The molecule has 0 atom stereocenters. The zero-order valence-electron chi connectivity index (χ0n) is 19.5. The summed E-state index contributed by atoms with van der Waals surface area (Å²) in [5, 5.41) is 11.8. The van der Waals surface area contributed by atoms with Crippen LogP contribution in [0.2, 0.25) is 0 Å². The van der Waals surface area contributed by atoms with Gasteiger partial charge in [-0.3, -0.25) is 19.3 Å². The number of pyridine rings is 1. The van der Waals surface area contributed by atoms with Crippen LogP contribution in [-0.4, -0.2) is 60.9 Å². The van der Waals surface area contributed by atoms with Crippen molar-refractivity contribution >= 4 is 11.8 Å². The molecule has 5 rings (SSSR count). The lowest BCUT2D eigenvalue weighted by atomic mass is 9.96. The van der Waals surface area contributed by atoms with E-state index in [1.54, 1.807) is 47.4 Å². The van der Waals surface area contributed by atoms with Gasteiger partial charge < -0.3 is 10.2 Å². The molecule has 178 valence electrons. The fourth-order valence-electron chi connectivity index (χ4n) is 4.35. The molecular weight excluding hydrogens is 442 g/mol. The molecule has 0 unspecified atom stereocenters. The van der Waals surface area contributed by atoms with Gasteiger partial charge in [-0.2, -0.15) is 10.2 Å². The molecule has 2 amide bonds. The Balaban J connectivity index is 1.27. The molecule has 9 heteroatoms. The molecule has 4 aromatic rings. The number of nitrogens with one attached hydrogen (secondary N) is 1. The minimum atomic E-state index is -0.119. The Bertz CT molecular complexity index is 1310. The summed E-state index contributed by atoms with van der Waals surface area (Å²) in [5.74, 6) is 0.166. The van der Waals surface area contributed by atoms with Gasteiger partial charge in [-0.1, -0.05) is 18.2 Å². The third-order valence-corrected chi connectivity index (χ3v) is 6.32. The Hall–Kier alpha value is -4.27. The van der Waals surface area contributed by atoms with Crippen molar-refractivity contribution in [1.82, 2.24) is 34.8 Å². The molecule has 35 heavy (non-hydrogen) atoms. The number of likely N-dealkylation sites (tertiary alicyclic amines) is 1. The second-order valence-electron chi connectivity index (χ2n) is 8.76. The van der Waals surface area contributed by atoms with Gasteiger partial charge in [-0.05, 0) is 43.0 Å². The summed E-state index contributed by atoms with van der Waals surface area (Å²) >= 11 is 0. The van der Waals surface area contributed by atoms with Crippen LogP contribution < -0.4 is 5.32 Å². The third-order valence-electron chi connectivity index (χ3n) is 6.32. The fraction of sp³-hybridized carbons (Fsp3) is 0.269. The lowest BCUT2D eigenvalue weighted by Gasteiger charge is -2.32. The van der Waals surface area contributed by atoms with Crippen molar-refractivity contribution in [2.24, 2.45) is 13.0 Å². The van der Waals surface area contributed by atoms with Gasteiger partial charge in [-0.25, -0.2) is 4.68 Å². The molecule has 0 radical (unpaired) electrons. The summed E-state index contributed by atoms with van der Waals surface area (Å²) in [4.78, 5) is 32.0. The van der Waals surface area contributed by atoms with E-state index < -0.39 is 0 Å². The lowest BCUT2D eigenvalue weighted by Crippen LogP contribution is -2.41. The minimum Gasteiger partial charge on any atom is -0.352 e. The molecule has 4 heterocycles. The molecule has 0 spiro atoms. The molecule has 9 nitrogen and oxygen atoms in total. The minimum absolute atomic E-state index is 0.0381. The van der Waals surface area contributed by atoms with E-state index >= 15 is 0 Å². The summed E-state index contributed by atoms with van der Waals surface area (Å²) in [5.41, 5.74) is 3.43. The summed E-state index contributed by atoms with van der Waals surface area (Å²) in [6.45, 7) is 1.85. The molecule has 0 aliphatic carbocycles. The van der Waals surface area contributed by atoms with Crippen LogP contribution in [0.5, 0.6) is 0 Å². The highest BCUT2D eigenvalue weighted by atomic mass is 16.2. The Morgan fingerprint density at radius 1 is 1.03 bits per heavy atom. The maximum atomic E-state index is 13.6. The number of amides is 2. The summed E-state index contributed by atoms with van der Waals surface area (Å²) < 4.78 is 3.36. The number of nitrogens with zero attached hydrogens (tertiary/aromatic N) is 6. The first kappa shape index (κ1) is 22.5. The Morgan fingerprint density at radius 2 is 1.83 bits per heavy atom. The van der Waals surface area contributed by atoms with Crippen LogP contribution >= 0.6 is 0 Å². The van der Waals surface area contributed by atoms with Crippen molar-refractivity contribution in [3.05, 3.63) is 84.6 Å². The number of hydrogen-bond donors (Lipinski definition) is 1. The number of rotatable bonds is 6. The smallest absolute Gasteiger partial charge is 0.257 e. The predicted octanol–water partition coefficient (Wildman–Crippen LogP) is 2.95. The highest BCUT2D eigenvalue weighted by Crippen LogP contribution is 2.26. The van der Waals surface area contributed by atoms with E-state index in [1.165, 1.54) is 0 Å². The molecule has 1 aliphatic heterocycles. The van der Waals surface area contributed by atoms with Gasteiger partial charge in [-0.15, -0.1) is 0 Å². The second kappa shape index (κ2) is 9.92. The van der Waals surface area contributed by atoms with E-state index in [9.17, 15) is 9.59 Å². The average Bonchev–Trinajstić information content (AvgIpc) is 3.55. The monoisotopic (exact) mass is 469 g/mol. The topological polar surface area (TPSA) is 97.9 Å². The van der Waals surface area contributed by atoms with Crippen LogP contribution in [0.4, 0.5) is 0 Å². The highest BCUT2D eigenvalue weighted by molar-refractivity contribution is 6.00. The van der Waals surface area contributed by atoms with Gasteiger partial charge in [0, 0.05) is 57.0 Å². The second-order valence-corrected chi connectivity index (χ2v) is 8.76. The number of piperidine rings is 1. The Morgan fingerprint density at radius 3 is 2.51 bits per heavy atom. The molecule has 1 aromatic carbocycles. The zero-order chi connectivity index (χ0) is 24.2. The Labute approximate surface area is 203 Å². The van der Waals surface area contributed by atoms with E-state index in [0.29, 0.717) is 42.4 Å². The van der Waals surface area contributed by atoms with Gasteiger partial charge in [0.1, 0.15) is 5.69 Å². The van der Waals surface area contributed by atoms with Crippen molar-refractivity contribution in [2.75, 3.05) is 19.6 Å². The first-order valence-corrected chi connectivity index (χ1v) is 11.7. The molecule has 1 saturated heterocycles. The average molecular weight is 470 g/mol. The number of carbonyl (C=O) groups excluding carboxylic acids is 2. The highest BCUT2D eigenvalue weighted by Gasteiger charge is 2.28. The maximum Gasteiger partial charge on any atom is 0.257 e. The molecule has 0 saturated carbocycles. The van der Waals surface area contributed by atoms with E-state index in [0.717, 1.165) is 24.1 Å². The summed E-state index contributed by atoms with van der Waals surface area (Å²) in [6.07, 6.45) is 10.2.